The zero-order chi connectivity index (χ0) is 22.3. The second-order valence-corrected chi connectivity index (χ2v) is 7.89. The summed E-state index contributed by atoms with van der Waals surface area (Å²) in [5, 5.41) is 20.2. The zero-order valence-electron chi connectivity index (χ0n) is 18.6. The van der Waals surface area contributed by atoms with Crippen molar-refractivity contribution in [3.63, 3.8) is 0 Å². The van der Waals surface area contributed by atoms with Gasteiger partial charge in [0.2, 0.25) is 0 Å². The van der Waals surface area contributed by atoms with Crippen LogP contribution in [-0.2, 0) is 4.74 Å². The van der Waals surface area contributed by atoms with Crippen LogP contribution in [0, 0.1) is 0 Å². The Hall–Kier alpha value is -2.37. The number of aliphatic hydroxyl groups is 1. The van der Waals surface area contributed by atoms with Gasteiger partial charge >= 0.3 is 0 Å². The number of rotatable bonds is 16. The van der Waals surface area contributed by atoms with E-state index in [0.29, 0.717) is 17.9 Å². The number of carbonyl (C=O) groups is 1. The van der Waals surface area contributed by atoms with E-state index in [1.165, 1.54) is 50.7 Å². The summed E-state index contributed by atoms with van der Waals surface area (Å²) in [6.07, 6.45) is 9.22. The number of aliphatic hydroxyl groups excluding tert-OH is 1. The van der Waals surface area contributed by atoms with E-state index in [1.54, 1.807) is 30.3 Å². The van der Waals surface area contributed by atoms with E-state index in [0.717, 1.165) is 12.8 Å². The number of phenolic OH excluding ortho intramolecular Hbond substituents is 1. The third-order valence-corrected chi connectivity index (χ3v) is 5.14. The highest BCUT2D eigenvalue weighted by Crippen LogP contribution is 2.26. The quantitative estimate of drug-likeness (QED) is 0.272. The molecule has 1 atom stereocenters. The van der Waals surface area contributed by atoms with Crippen LogP contribution in [0.5, 0.6) is 11.5 Å². The van der Waals surface area contributed by atoms with Gasteiger partial charge in [-0.25, -0.2) is 0 Å². The van der Waals surface area contributed by atoms with Crippen molar-refractivity contribution < 1.29 is 24.5 Å². The molecule has 0 heterocycles. The maximum absolute atomic E-state index is 12.5. The monoisotopic (exact) mass is 428 g/mol. The Morgan fingerprint density at radius 1 is 0.903 bits per heavy atom. The Balaban J connectivity index is 1.62. The van der Waals surface area contributed by atoms with Crippen molar-refractivity contribution >= 4 is 5.78 Å². The number of ether oxygens (including phenoxy) is 2. The summed E-state index contributed by atoms with van der Waals surface area (Å²) in [7, 11) is 0. The van der Waals surface area contributed by atoms with Gasteiger partial charge in [0.1, 0.15) is 24.2 Å². The molecule has 2 aromatic rings. The van der Waals surface area contributed by atoms with Gasteiger partial charge in [-0.1, -0.05) is 82.2 Å². The summed E-state index contributed by atoms with van der Waals surface area (Å²) in [4.78, 5) is 12.5. The Labute approximate surface area is 186 Å². The molecule has 0 aromatic heterocycles. The van der Waals surface area contributed by atoms with Crippen molar-refractivity contribution in [2.75, 3.05) is 19.8 Å². The van der Waals surface area contributed by atoms with Crippen LogP contribution >= 0.6 is 0 Å². The fourth-order valence-corrected chi connectivity index (χ4v) is 3.34. The van der Waals surface area contributed by atoms with Gasteiger partial charge in [0, 0.05) is 18.2 Å². The molecule has 0 amide bonds. The Morgan fingerprint density at radius 3 is 2.26 bits per heavy atom. The second-order valence-electron chi connectivity index (χ2n) is 7.89. The van der Waals surface area contributed by atoms with Crippen molar-refractivity contribution in [1.82, 2.24) is 0 Å². The number of aromatic hydroxyl groups is 1. The first-order chi connectivity index (χ1) is 15.1. The fourth-order valence-electron chi connectivity index (χ4n) is 3.34. The average molecular weight is 429 g/mol. The maximum Gasteiger partial charge on any atom is 0.196 e. The summed E-state index contributed by atoms with van der Waals surface area (Å²) in [5.74, 6) is -0.00457. The second kappa shape index (κ2) is 14.6. The molecule has 31 heavy (non-hydrogen) atoms. The van der Waals surface area contributed by atoms with Gasteiger partial charge in [-0.3, -0.25) is 4.79 Å². The molecule has 0 saturated heterocycles. The first-order valence-electron chi connectivity index (χ1n) is 11.4. The lowest BCUT2D eigenvalue weighted by molar-refractivity contribution is 0.0109. The lowest BCUT2D eigenvalue weighted by atomic mass is 10.0. The molecule has 170 valence electrons. The molecule has 0 aliphatic heterocycles. The number of carbonyl (C=O) groups excluding carboxylic acids is 1. The molecular weight excluding hydrogens is 392 g/mol. The highest BCUT2D eigenvalue weighted by molar-refractivity contribution is 6.10. The number of hydrogen-bond acceptors (Lipinski definition) is 5. The molecule has 5 heteroatoms. The normalized spacial score (nSPS) is 11.9. The molecule has 0 bridgehead atoms. The van der Waals surface area contributed by atoms with Gasteiger partial charge in [0.05, 0.1) is 12.2 Å². The number of benzene rings is 2. The van der Waals surface area contributed by atoms with E-state index in [4.69, 9.17) is 9.47 Å². The number of hydrogen-bond donors (Lipinski definition) is 2. The van der Waals surface area contributed by atoms with Crippen LogP contribution in [0.25, 0.3) is 0 Å². The smallest absolute Gasteiger partial charge is 0.196 e. The third kappa shape index (κ3) is 9.53. The third-order valence-electron chi connectivity index (χ3n) is 5.14. The Morgan fingerprint density at radius 2 is 1.58 bits per heavy atom. The molecule has 0 aliphatic rings. The molecule has 1 unspecified atom stereocenters. The lowest BCUT2D eigenvalue weighted by Gasteiger charge is -2.14. The van der Waals surface area contributed by atoms with E-state index < -0.39 is 6.10 Å². The van der Waals surface area contributed by atoms with Gasteiger partial charge < -0.3 is 19.7 Å². The molecule has 2 rings (SSSR count). The first kappa shape index (κ1) is 24.9. The predicted octanol–water partition coefficient (Wildman–Crippen LogP) is 5.52. The van der Waals surface area contributed by atoms with Gasteiger partial charge in [-0.2, -0.15) is 0 Å². The topological polar surface area (TPSA) is 76.0 Å². The summed E-state index contributed by atoms with van der Waals surface area (Å²) in [6, 6.07) is 13.3. The first-order valence-corrected chi connectivity index (χ1v) is 11.4. The van der Waals surface area contributed by atoms with Crippen LogP contribution in [0.2, 0.25) is 0 Å². The van der Waals surface area contributed by atoms with E-state index in [-0.39, 0.29) is 30.3 Å². The number of ketones is 1. The van der Waals surface area contributed by atoms with E-state index in [1.807, 2.05) is 6.07 Å². The Bertz CT molecular complexity index is 760. The standard InChI is InChI=1S/C26H36O5/c1-2-3-4-5-6-7-8-12-17-30-19-22(27)20-31-23-15-16-24(25(28)18-23)26(29)21-13-10-9-11-14-21/h9-11,13-16,18,22,27-28H,2-8,12,17,19-20H2,1H3. The summed E-state index contributed by atoms with van der Waals surface area (Å²) in [6.45, 7) is 3.14. The SMILES string of the molecule is CCCCCCCCCCOCC(O)COc1ccc(C(=O)c2ccccc2)c(O)c1. The lowest BCUT2D eigenvalue weighted by Crippen LogP contribution is -2.23. The molecule has 5 nitrogen and oxygen atoms in total. The largest absolute Gasteiger partial charge is 0.507 e. The maximum atomic E-state index is 12.5. The highest BCUT2D eigenvalue weighted by Gasteiger charge is 2.14. The molecule has 0 radical (unpaired) electrons. The van der Waals surface area contributed by atoms with E-state index >= 15 is 0 Å². The summed E-state index contributed by atoms with van der Waals surface area (Å²) < 4.78 is 11.1. The molecule has 0 fully saturated rings. The molecular formula is C26H36O5. The fraction of sp³-hybridized carbons (Fsp3) is 0.500. The van der Waals surface area contributed by atoms with Crippen LogP contribution in [0.4, 0.5) is 0 Å². The highest BCUT2D eigenvalue weighted by atomic mass is 16.5. The van der Waals surface area contributed by atoms with Crippen LogP contribution in [0.15, 0.2) is 48.5 Å². The van der Waals surface area contributed by atoms with Crippen molar-refractivity contribution in [2.24, 2.45) is 0 Å². The number of phenols is 1. The van der Waals surface area contributed by atoms with Crippen LogP contribution in [0.1, 0.15) is 74.2 Å². The minimum Gasteiger partial charge on any atom is -0.507 e. The van der Waals surface area contributed by atoms with E-state index in [9.17, 15) is 15.0 Å². The summed E-state index contributed by atoms with van der Waals surface area (Å²) in [5.41, 5.74) is 0.725. The van der Waals surface area contributed by atoms with Crippen molar-refractivity contribution in [2.45, 2.75) is 64.4 Å². The van der Waals surface area contributed by atoms with Crippen LogP contribution in [-0.4, -0.2) is 41.9 Å². The molecule has 2 N–H and O–H groups in total. The zero-order valence-corrected chi connectivity index (χ0v) is 18.6. The number of unbranched alkanes of at least 4 members (excludes halogenated alkanes) is 7. The van der Waals surface area contributed by atoms with Crippen molar-refractivity contribution in [1.29, 1.82) is 0 Å². The van der Waals surface area contributed by atoms with Crippen LogP contribution < -0.4 is 4.74 Å². The molecule has 0 saturated carbocycles. The Kier molecular flexibility index (Phi) is 11.7. The summed E-state index contributed by atoms with van der Waals surface area (Å²) >= 11 is 0. The molecule has 0 aliphatic carbocycles. The van der Waals surface area contributed by atoms with Gasteiger partial charge in [-0.15, -0.1) is 0 Å². The van der Waals surface area contributed by atoms with Crippen molar-refractivity contribution in [3.8, 4) is 11.5 Å². The van der Waals surface area contributed by atoms with Gasteiger partial charge in [-0.05, 0) is 18.6 Å². The average Bonchev–Trinajstić information content (AvgIpc) is 2.79. The van der Waals surface area contributed by atoms with Crippen LogP contribution in [0.3, 0.4) is 0 Å². The minimum absolute atomic E-state index is 0.0584. The van der Waals surface area contributed by atoms with Crippen molar-refractivity contribution in [3.05, 3.63) is 59.7 Å². The van der Waals surface area contributed by atoms with E-state index in [2.05, 4.69) is 6.92 Å². The van der Waals surface area contributed by atoms with Gasteiger partial charge in [0.15, 0.2) is 5.78 Å². The minimum atomic E-state index is -0.748. The molecule has 2 aromatic carbocycles. The van der Waals surface area contributed by atoms with Gasteiger partial charge in [0.25, 0.3) is 0 Å². The predicted molar refractivity (Wildman–Crippen MR) is 123 cm³/mol. The molecule has 0 spiro atoms.